The van der Waals surface area contributed by atoms with Crippen LogP contribution in [-0.2, 0) is 11.3 Å². The van der Waals surface area contributed by atoms with E-state index in [0.29, 0.717) is 6.54 Å². The summed E-state index contributed by atoms with van der Waals surface area (Å²) in [6.45, 7) is 0.387. The van der Waals surface area contributed by atoms with Crippen molar-refractivity contribution in [1.29, 1.82) is 0 Å². The summed E-state index contributed by atoms with van der Waals surface area (Å²) in [4.78, 5) is 19.0. The maximum absolute atomic E-state index is 11.6. The van der Waals surface area contributed by atoms with Crippen molar-refractivity contribution in [1.82, 2.24) is 9.97 Å². The summed E-state index contributed by atoms with van der Waals surface area (Å²) in [5.74, 6) is 1.08. The number of aromatic amines is 1. The number of rotatable bonds is 3. The number of aromatic nitrogens is 2. The highest BCUT2D eigenvalue weighted by Gasteiger charge is 2.29. The average molecular weight is 230 g/mol. The van der Waals surface area contributed by atoms with Gasteiger partial charge in [0.15, 0.2) is 0 Å². The van der Waals surface area contributed by atoms with Gasteiger partial charge in [0.1, 0.15) is 5.82 Å². The summed E-state index contributed by atoms with van der Waals surface area (Å²) in [5.41, 5.74) is 8.10. The van der Waals surface area contributed by atoms with Gasteiger partial charge < -0.3 is 16.0 Å². The van der Waals surface area contributed by atoms with E-state index in [1.807, 2.05) is 18.2 Å². The Hall–Kier alpha value is -1.88. The van der Waals surface area contributed by atoms with Gasteiger partial charge in [0.25, 0.3) is 0 Å². The minimum Gasteiger partial charge on any atom is -0.341 e. The Labute approximate surface area is 98.4 Å². The lowest BCUT2D eigenvalue weighted by Gasteiger charge is -2.03. The summed E-state index contributed by atoms with van der Waals surface area (Å²) in [6, 6.07) is 5.64. The number of anilines is 1. The Morgan fingerprint density at radius 2 is 2.35 bits per heavy atom. The van der Waals surface area contributed by atoms with Gasteiger partial charge in [-0.05, 0) is 31.0 Å². The highest BCUT2D eigenvalue weighted by molar-refractivity contribution is 5.95. The lowest BCUT2D eigenvalue weighted by Crippen LogP contribution is -2.12. The summed E-state index contributed by atoms with van der Waals surface area (Å²) in [5, 5.41) is 2.91. The molecular formula is C12H14N4O. The number of imidazole rings is 1. The second kappa shape index (κ2) is 3.85. The van der Waals surface area contributed by atoms with Gasteiger partial charge in [-0.15, -0.1) is 0 Å². The van der Waals surface area contributed by atoms with Crippen molar-refractivity contribution in [3.63, 3.8) is 0 Å². The number of nitrogens with two attached hydrogens (primary N) is 1. The lowest BCUT2D eigenvalue weighted by atomic mass is 10.2. The molecule has 1 aromatic carbocycles. The van der Waals surface area contributed by atoms with E-state index in [1.54, 1.807) is 0 Å². The normalized spacial score (nSPS) is 15.1. The molecule has 1 saturated carbocycles. The molecule has 0 spiro atoms. The molecule has 1 aliphatic rings. The van der Waals surface area contributed by atoms with Crippen molar-refractivity contribution in [2.75, 3.05) is 5.32 Å². The standard InChI is InChI=1S/C12H14N4O/c13-6-11-15-9-4-3-8(5-10(9)16-11)14-12(17)7-1-2-7/h3-5,7H,1-2,6,13H2,(H,14,17)(H,15,16). The molecule has 0 radical (unpaired) electrons. The number of benzene rings is 1. The minimum absolute atomic E-state index is 0.114. The zero-order valence-electron chi connectivity index (χ0n) is 9.36. The smallest absolute Gasteiger partial charge is 0.227 e. The number of hydrogen-bond donors (Lipinski definition) is 3. The predicted octanol–water partition coefficient (Wildman–Crippen LogP) is 1.37. The van der Waals surface area contributed by atoms with Crippen molar-refractivity contribution >= 4 is 22.6 Å². The van der Waals surface area contributed by atoms with Gasteiger partial charge in [-0.25, -0.2) is 4.98 Å². The van der Waals surface area contributed by atoms with Crippen LogP contribution in [0.15, 0.2) is 18.2 Å². The molecule has 1 amide bonds. The second-order valence-corrected chi connectivity index (χ2v) is 4.38. The van der Waals surface area contributed by atoms with Gasteiger partial charge in [0.2, 0.25) is 5.91 Å². The molecule has 0 atom stereocenters. The molecule has 1 aliphatic carbocycles. The molecule has 4 N–H and O–H groups in total. The Morgan fingerprint density at radius 3 is 3.06 bits per heavy atom. The Morgan fingerprint density at radius 1 is 1.53 bits per heavy atom. The number of carbonyl (C=O) groups excluding carboxylic acids is 1. The van der Waals surface area contributed by atoms with Crippen LogP contribution in [0.25, 0.3) is 11.0 Å². The van der Waals surface area contributed by atoms with Crippen molar-refractivity contribution in [3.8, 4) is 0 Å². The third kappa shape index (κ3) is 2.01. The molecule has 1 aromatic heterocycles. The molecule has 88 valence electrons. The largest absolute Gasteiger partial charge is 0.341 e. The van der Waals surface area contributed by atoms with Crippen LogP contribution in [0.4, 0.5) is 5.69 Å². The highest BCUT2D eigenvalue weighted by Crippen LogP contribution is 2.30. The summed E-state index contributed by atoms with van der Waals surface area (Å²) < 4.78 is 0. The monoisotopic (exact) mass is 230 g/mol. The molecule has 1 heterocycles. The molecule has 17 heavy (non-hydrogen) atoms. The van der Waals surface area contributed by atoms with Crippen LogP contribution in [0.3, 0.4) is 0 Å². The van der Waals surface area contributed by atoms with Crippen molar-refractivity contribution < 1.29 is 4.79 Å². The second-order valence-electron chi connectivity index (χ2n) is 4.38. The molecule has 2 aromatic rings. The summed E-state index contributed by atoms with van der Waals surface area (Å²) in [7, 11) is 0. The topological polar surface area (TPSA) is 83.8 Å². The molecule has 5 heteroatoms. The van der Waals surface area contributed by atoms with Crippen LogP contribution in [-0.4, -0.2) is 15.9 Å². The predicted molar refractivity (Wildman–Crippen MR) is 65.3 cm³/mol. The Bertz CT molecular complexity index is 571. The SMILES string of the molecule is NCc1nc2ccc(NC(=O)C3CC3)cc2[nH]1. The van der Waals surface area contributed by atoms with E-state index in [1.165, 1.54) is 0 Å². The number of hydrogen-bond acceptors (Lipinski definition) is 3. The fraction of sp³-hybridized carbons (Fsp3) is 0.333. The van der Waals surface area contributed by atoms with Crippen LogP contribution in [0.1, 0.15) is 18.7 Å². The van der Waals surface area contributed by atoms with E-state index >= 15 is 0 Å². The molecule has 5 nitrogen and oxygen atoms in total. The van der Waals surface area contributed by atoms with E-state index in [0.717, 1.165) is 35.4 Å². The first-order chi connectivity index (χ1) is 8.26. The van der Waals surface area contributed by atoms with Crippen molar-refractivity contribution in [2.24, 2.45) is 11.7 Å². The van der Waals surface area contributed by atoms with Crippen molar-refractivity contribution in [3.05, 3.63) is 24.0 Å². The third-order valence-corrected chi connectivity index (χ3v) is 2.94. The number of H-pyrrole nitrogens is 1. The van der Waals surface area contributed by atoms with Crippen molar-refractivity contribution in [2.45, 2.75) is 19.4 Å². The van der Waals surface area contributed by atoms with E-state index in [9.17, 15) is 4.79 Å². The maximum atomic E-state index is 11.6. The first-order valence-electron chi connectivity index (χ1n) is 5.76. The average Bonchev–Trinajstić information content (AvgIpc) is 3.09. The Balaban J connectivity index is 1.87. The highest BCUT2D eigenvalue weighted by atomic mass is 16.2. The van der Waals surface area contributed by atoms with Crippen LogP contribution in [0.2, 0.25) is 0 Å². The first kappa shape index (κ1) is 10.3. The first-order valence-corrected chi connectivity index (χ1v) is 5.76. The summed E-state index contributed by atoms with van der Waals surface area (Å²) >= 11 is 0. The minimum atomic E-state index is 0.114. The number of carbonyl (C=O) groups is 1. The van der Waals surface area contributed by atoms with E-state index in [-0.39, 0.29) is 11.8 Å². The molecule has 3 rings (SSSR count). The van der Waals surface area contributed by atoms with Gasteiger partial charge in [-0.1, -0.05) is 0 Å². The number of nitrogens with zero attached hydrogens (tertiary/aromatic N) is 1. The lowest BCUT2D eigenvalue weighted by molar-refractivity contribution is -0.117. The number of fused-ring (bicyclic) bond motifs is 1. The molecule has 0 unspecified atom stereocenters. The zero-order chi connectivity index (χ0) is 11.8. The number of amides is 1. The Kier molecular flexibility index (Phi) is 2.33. The van der Waals surface area contributed by atoms with E-state index < -0.39 is 0 Å². The van der Waals surface area contributed by atoms with Crippen LogP contribution in [0, 0.1) is 5.92 Å². The van der Waals surface area contributed by atoms with Gasteiger partial charge >= 0.3 is 0 Å². The van der Waals surface area contributed by atoms with Crippen LogP contribution in [0.5, 0.6) is 0 Å². The van der Waals surface area contributed by atoms with Gasteiger partial charge in [0.05, 0.1) is 17.6 Å². The number of nitrogens with one attached hydrogen (secondary N) is 2. The van der Waals surface area contributed by atoms with Gasteiger partial charge in [-0.2, -0.15) is 0 Å². The molecule has 0 bridgehead atoms. The van der Waals surface area contributed by atoms with E-state index in [2.05, 4.69) is 15.3 Å². The maximum Gasteiger partial charge on any atom is 0.227 e. The zero-order valence-corrected chi connectivity index (χ0v) is 9.36. The van der Waals surface area contributed by atoms with Gasteiger partial charge in [0, 0.05) is 11.6 Å². The molecule has 0 aliphatic heterocycles. The fourth-order valence-corrected chi connectivity index (χ4v) is 1.83. The summed E-state index contributed by atoms with van der Waals surface area (Å²) in [6.07, 6.45) is 2.02. The van der Waals surface area contributed by atoms with E-state index in [4.69, 9.17) is 5.73 Å². The van der Waals surface area contributed by atoms with Crippen LogP contribution < -0.4 is 11.1 Å². The fourth-order valence-electron chi connectivity index (χ4n) is 1.83. The van der Waals surface area contributed by atoms with Crippen LogP contribution >= 0.6 is 0 Å². The quantitative estimate of drug-likeness (QED) is 0.744. The molecule has 1 fully saturated rings. The molecular weight excluding hydrogens is 216 g/mol. The van der Waals surface area contributed by atoms with Gasteiger partial charge in [-0.3, -0.25) is 4.79 Å². The third-order valence-electron chi connectivity index (χ3n) is 2.94. The molecule has 0 saturated heterocycles.